The van der Waals surface area contributed by atoms with Crippen molar-refractivity contribution in [2.75, 3.05) is 5.32 Å². The van der Waals surface area contributed by atoms with Crippen molar-refractivity contribution in [1.29, 1.82) is 0 Å². The quantitative estimate of drug-likeness (QED) is 0.869. The number of thioether (sulfide) groups is 1. The summed E-state index contributed by atoms with van der Waals surface area (Å²) in [5, 5.41) is 2.14. The van der Waals surface area contributed by atoms with Crippen molar-refractivity contribution in [1.82, 2.24) is 4.98 Å². The van der Waals surface area contributed by atoms with Crippen molar-refractivity contribution in [3.8, 4) is 0 Å². The number of hydrogen-bond acceptors (Lipinski definition) is 3. The van der Waals surface area contributed by atoms with Crippen molar-refractivity contribution < 1.29 is 18.0 Å². The molecule has 1 N–H and O–H groups in total. The molecule has 0 fully saturated rings. The van der Waals surface area contributed by atoms with Gasteiger partial charge >= 0.3 is 6.18 Å². The summed E-state index contributed by atoms with van der Waals surface area (Å²) in [7, 11) is 0. The number of anilines is 1. The molecule has 1 atom stereocenters. The van der Waals surface area contributed by atoms with Crippen LogP contribution in [-0.4, -0.2) is 10.9 Å². The summed E-state index contributed by atoms with van der Waals surface area (Å²) in [6.45, 7) is 0. The average molecular weight is 310 g/mol. The van der Waals surface area contributed by atoms with Crippen LogP contribution in [0.2, 0.25) is 0 Å². The van der Waals surface area contributed by atoms with Gasteiger partial charge in [0.2, 0.25) is 5.91 Å². The average Bonchev–Trinajstić information content (AvgIpc) is 2.46. The molecule has 1 unspecified atom stereocenters. The van der Waals surface area contributed by atoms with Crippen molar-refractivity contribution in [3.05, 3.63) is 53.9 Å². The van der Waals surface area contributed by atoms with Gasteiger partial charge in [0, 0.05) is 11.1 Å². The van der Waals surface area contributed by atoms with Gasteiger partial charge in [-0.25, -0.2) is 0 Å². The fourth-order valence-corrected chi connectivity index (χ4v) is 3.10. The summed E-state index contributed by atoms with van der Waals surface area (Å²) in [6.07, 6.45) is -3.37. The summed E-state index contributed by atoms with van der Waals surface area (Å²) >= 11 is 1.30. The Kier molecular flexibility index (Phi) is 3.36. The predicted octanol–water partition coefficient (Wildman–Crippen LogP) is 3.89. The highest BCUT2D eigenvalue weighted by Crippen LogP contribution is 2.43. The lowest BCUT2D eigenvalue weighted by Gasteiger charge is -2.24. The smallest absolute Gasteiger partial charge is 0.324 e. The van der Waals surface area contributed by atoms with E-state index in [1.165, 1.54) is 17.8 Å². The summed E-state index contributed by atoms with van der Waals surface area (Å²) in [5.74, 6) is -0.264. The zero-order chi connectivity index (χ0) is 15.0. The Morgan fingerprint density at radius 1 is 1.14 bits per heavy atom. The summed E-state index contributed by atoms with van der Waals surface area (Å²) in [5.41, 5.74) is 0.191. The maximum atomic E-state index is 12.5. The van der Waals surface area contributed by atoms with Gasteiger partial charge in [-0.15, -0.1) is 11.8 Å². The molecule has 3 nitrogen and oxygen atoms in total. The maximum absolute atomic E-state index is 12.5. The second-order valence-electron chi connectivity index (χ2n) is 4.46. The van der Waals surface area contributed by atoms with Crippen molar-refractivity contribution in [2.45, 2.75) is 16.3 Å². The molecular weight excluding hydrogens is 301 g/mol. The van der Waals surface area contributed by atoms with E-state index in [-0.39, 0.29) is 5.91 Å². The molecule has 1 aromatic carbocycles. The SMILES string of the molecule is O=C1Nc2ccccc2SC1c1ccc(C(F)(F)F)nc1. The van der Waals surface area contributed by atoms with Gasteiger partial charge < -0.3 is 5.32 Å². The number of halogens is 3. The number of rotatable bonds is 1. The number of fused-ring (bicyclic) bond motifs is 1. The Morgan fingerprint density at radius 3 is 2.57 bits per heavy atom. The number of aromatic nitrogens is 1. The van der Waals surface area contributed by atoms with Crippen LogP contribution in [0.4, 0.5) is 18.9 Å². The van der Waals surface area contributed by atoms with E-state index in [2.05, 4.69) is 10.3 Å². The molecule has 2 heterocycles. The third-order valence-electron chi connectivity index (χ3n) is 3.01. The first kappa shape index (κ1) is 13.9. The topological polar surface area (TPSA) is 42.0 Å². The number of alkyl halides is 3. The predicted molar refractivity (Wildman–Crippen MR) is 72.9 cm³/mol. The molecule has 1 aliphatic heterocycles. The minimum absolute atomic E-state index is 0.264. The van der Waals surface area contributed by atoms with E-state index >= 15 is 0 Å². The van der Waals surface area contributed by atoms with E-state index in [0.717, 1.165) is 17.2 Å². The second kappa shape index (κ2) is 5.07. The molecule has 0 spiro atoms. The van der Waals surface area contributed by atoms with Gasteiger partial charge in [-0.3, -0.25) is 9.78 Å². The number of carbonyl (C=O) groups is 1. The molecular formula is C14H9F3N2OS. The lowest BCUT2D eigenvalue weighted by Crippen LogP contribution is -2.23. The van der Waals surface area contributed by atoms with Crippen molar-refractivity contribution >= 4 is 23.4 Å². The van der Waals surface area contributed by atoms with Gasteiger partial charge in [-0.2, -0.15) is 13.2 Å². The number of pyridine rings is 1. The lowest BCUT2D eigenvalue weighted by atomic mass is 10.1. The number of benzene rings is 1. The van der Waals surface area contributed by atoms with E-state index < -0.39 is 17.1 Å². The van der Waals surface area contributed by atoms with Crippen LogP contribution in [-0.2, 0) is 11.0 Å². The van der Waals surface area contributed by atoms with Gasteiger partial charge in [0.1, 0.15) is 10.9 Å². The Bertz CT molecular complexity index is 685. The van der Waals surface area contributed by atoms with Gasteiger partial charge in [-0.05, 0) is 23.8 Å². The summed E-state index contributed by atoms with van der Waals surface area (Å²) in [6, 6.07) is 9.46. The third kappa shape index (κ3) is 2.73. The normalized spacial score (nSPS) is 18.0. The minimum atomic E-state index is -4.48. The van der Waals surface area contributed by atoms with E-state index in [0.29, 0.717) is 11.3 Å². The number of carbonyl (C=O) groups excluding carboxylic acids is 1. The second-order valence-corrected chi connectivity index (χ2v) is 5.60. The van der Waals surface area contributed by atoms with Crippen LogP contribution >= 0.6 is 11.8 Å². The number of amides is 1. The number of nitrogens with one attached hydrogen (secondary N) is 1. The molecule has 0 aliphatic carbocycles. The van der Waals surface area contributed by atoms with Crippen LogP contribution in [0.25, 0.3) is 0 Å². The molecule has 3 rings (SSSR count). The first-order valence-electron chi connectivity index (χ1n) is 6.05. The molecule has 1 amide bonds. The van der Waals surface area contributed by atoms with Crippen molar-refractivity contribution in [2.24, 2.45) is 0 Å². The van der Waals surface area contributed by atoms with E-state index in [1.54, 1.807) is 12.1 Å². The van der Waals surface area contributed by atoms with Crippen LogP contribution in [0.1, 0.15) is 16.5 Å². The highest BCUT2D eigenvalue weighted by Gasteiger charge is 2.33. The first-order chi connectivity index (χ1) is 9.95. The van der Waals surface area contributed by atoms with Gasteiger partial charge in [0.05, 0.1) is 5.69 Å². The minimum Gasteiger partial charge on any atom is -0.324 e. The summed E-state index contributed by atoms with van der Waals surface area (Å²) < 4.78 is 37.5. The maximum Gasteiger partial charge on any atom is 0.433 e. The molecule has 1 aliphatic rings. The largest absolute Gasteiger partial charge is 0.433 e. The highest BCUT2D eigenvalue weighted by atomic mass is 32.2. The Hall–Kier alpha value is -2.02. The zero-order valence-corrected chi connectivity index (χ0v) is 11.3. The molecule has 2 aromatic rings. The zero-order valence-electron chi connectivity index (χ0n) is 10.5. The standard InChI is InChI=1S/C14H9F3N2OS/c15-14(16,17)11-6-5-8(7-18-11)12-13(20)19-9-3-1-2-4-10(9)21-12/h1-7,12H,(H,19,20). The third-order valence-corrected chi connectivity index (χ3v) is 4.34. The van der Waals surface area contributed by atoms with Crippen LogP contribution < -0.4 is 5.32 Å². The van der Waals surface area contributed by atoms with Crippen LogP contribution in [0, 0.1) is 0 Å². The number of para-hydroxylation sites is 1. The number of hydrogen-bond donors (Lipinski definition) is 1. The molecule has 21 heavy (non-hydrogen) atoms. The fourth-order valence-electron chi connectivity index (χ4n) is 2.00. The van der Waals surface area contributed by atoms with E-state index in [1.807, 2.05) is 12.1 Å². The lowest BCUT2D eigenvalue weighted by molar-refractivity contribution is -0.141. The fraction of sp³-hybridized carbons (Fsp3) is 0.143. The summed E-state index contributed by atoms with van der Waals surface area (Å²) in [4.78, 5) is 16.3. The van der Waals surface area contributed by atoms with Gasteiger partial charge in [0.25, 0.3) is 0 Å². The van der Waals surface area contributed by atoms with Crippen LogP contribution in [0.5, 0.6) is 0 Å². The first-order valence-corrected chi connectivity index (χ1v) is 6.93. The van der Waals surface area contributed by atoms with Crippen LogP contribution in [0.15, 0.2) is 47.5 Å². The number of nitrogens with zero attached hydrogens (tertiary/aromatic N) is 1. The Labute approximate surface area is 122 Å². The Morgan fingerprint density at radius 2 is 1.90 bits per heavy atom. The molecule has 1 aromatic heterocycles. The monoisotopic (exact) mass is 310 g/mol. The van der Waals surface area contributed by atoms with E-state index in [9.17, 15) is 18.0 Å². The Balaban J connectivity index is 1.89. The van der Waals surface area contributed by atoms with Gasteiger partial charge in [0.15, 0.2) is 0 Å². The molecule has 0 saturated heterocycles. The highest BCUT2D eigenvalue weighted by molar-refractivity contribution is 8.00. The molecule has 108 valence electrons. The van der Waals surface area contributed by atoms with Crippen LogP contribution in [0.3, 0.4) is 0 Å². The molecule has 0 bridgehead atoms. The molecule has 0 saturated carbocycles. The molecule has 7 heteroatoms. The van der Waals surface area contributed by atoms with Gasteiger partial charge in [-0.1, -0.05) is 18.2 Å². The van der Waals surface area contributed by atoms with E-state index in [4.69, 9.17) is 0 Å². The van der Waals surface area contributed by atoms with Crippen molar-refractivity contribution in [3.63, 3.8) is 0 Å². The molecule has 0 radical (unpaired) electrons.